The normalized spacial score (nSPS) is 18.8. The largest absolute Gasteiger partial charge is 0.367 e. The summed E-state index contributed by atoms with van der Waals surface area (Å²) in [5, 5.41) is 6.84. The first-order valence-electron chi connectivity index (χ1n) is 10.5. The van der Waals surface area contributed by atoms with E-state index in [0.29, 0.717) is 18.6 Å². The van der Waals surface area contributed by atoms with Crippen molar-refractivity contribution in [2.45, 2.75) is 51.2 Å². The maximum Gasteiger partial charge on any atom is 0.126 e. The predicted molar refractivity (Wildman–Crippen MR) is 120 cm³/mol. The van der Waals surface area contributed by atoms with E-state index in [9.17, 15) is 4.39 Å². The number of anilines is 2. The highest BCUT2D eigenvalue weighted by Gasteiger charge is 2.19. The van der Waals surface area contributed by atoms with Crippen molar-refractivity contribution in [3.05, 3.63) is 71.7 Å². The highest BCUT2D eigenvalue weighted by Crippen LogP contribution is 2.27. The van der Waals surface area contributed by atoms with E-state index >= 15 is 0 Å². The molecular formula is C24H28FN5. The van der Waals surface area contributed by atoms with E-state index in [1.54, 1.807) is 6.07 Å². The van der Waals surface area contributed by atoms with Crippen LogP contribution in [0.4, 0.5) is 16.0 Å². The van der Waals surface area contributed by atoms with Gasteiger partial charge < -0.3 is 16.4 Å². The van der Waals surface area contributed by atoms with Gasteiger partial charge in [-0.05, 0) is 74.1 Å². The van der Waals surface area contributed by atoms with Crippen molar-refractivity contribution >= 4 is 11.6 Å². The summed E-state index contributed by atoms with van der Waals surface area (Å²) in [6.45, 7) is 2.56. The third-order valence-corrected chi connectivity index (χ3v) is 5.61. The standard InChI is InChI=1S/C24H28FN5/c1-16-14-27-24(29-20-10-8-19(26)9-11-20)13-21(16)22-6-3-7-23(30-22)28-15-17-4-2-5-18(25)12-17/h2-7,12-14,19-20H,8-11,15,26H2,1H3,(H,27,29)(H,28,30)/t19-,20-. The molecule has 0 bridgehead atoms. The first-order chi connectivity index (χ1) is 14.6. The minimum Gasteiger partial charge on any atom is -0.367 e. The first-order valence-corrected chi connectivity index (χ1v) is 10.5. The van der Waals surface area contributed by atoms with Crippen molar-refractivity contribution in [1.82, 2.24) is 9.97 Å². The third-order valence-electron chi connectivity index (χ3n) is 5.61. The van der Waals surface area contributed by atoms with E-state index in [4.69, 9.17) is 10.7 Å². The molecule has 1 aliphatic rings. The Morgan fingerprint density at radius 1 is 1.03 bits per heavy atom. The van der Waals surface area contributed by atoms with E-state index < -0.39 is 0 Å². The Hall–Kier alpha value is -2.99. The van der Waals surface area contributed by atoms with Gasteiger partial charge in [0.2, 0.25) is 0 Å². The maximum absolute atomic E-state index is 13.4. The van der Waals surface area contributed by atoms with E-state index in [2.05, 4.69) is 21.7 Å². The highest BCUT2D eigenvalue weighted by molar-refractivity contribution is 5.68. The molecule has 0 radical (unpaired) electrons. The fourth-order valence-electron chi connectivity index (χ4n) is 3.87. The molecule has 0 unspecified atom stereocenters. The molecule has 4 N–H and O–H groups in total. The summed E-state index contributed by atoms with van der Waals surface area (Å²) < 4.78 is 13.4. The Morgan fingerprint density at radius 2 is 1.83 bits per heavy atom. The monoisotopic (exact) mass is 405 g/mol. The Balaban J connectivity index is 1.48. The fraction of sp³-hybridized carbons (Fsp3) is 0.333. The van der Waals surface area contributed by atoms with E-state index in [1.807, 2.05) is 37.4 Å². The van der Waals surface area contributed by atoms with E-state index in [-0.39, 0.29) is 5.82 Å². The number of hydrogen-bond acceptors (Lipinski definition) is 5. The van der Waals surface area contributed by atoms with Gasteiger partial charge >= 0.3 is 0 Å². The molecule has 1 aliphatic carbocycles. The van der Waals surface area contributed by atoms with Crippen molar-refractivity contribution in [3.8, 4) is 11.3 Å². The van der Waals surface area contributed by atoms with Gasteiger partial charge in [-0.1, -0.05) is 18.2 Å². The quantitative estimate of drug-likeness (QED) is 0.545. The smallest absolute Gasteiger partial charge is 0.126 e. The molecule has 0 spiro atoms. The second-order valence-electron chi connectivity index (χ2n) is 8.03. The molecule has 5 nitrogen and oxygen atoms in total. The van der Waals surface area contributed by atoms with Gasteiger partial charge in [-0.15, -0.1) is 0 Å². The minimum atomic E-state index is -0.233. The van der Waals surface area contributed by atoms with Crippen LogP contribution in [0.3, 0.4) is 0 Å². The lowest BCUT2D eigenvalue weighted by molar-refractivity contribution is 0.410. The minimum absolute atomic E-state index is 0.233. The van der Waals surface area contributed by atoms with Crippen molar-refractivity contribution in [2.24, 2.45) is 5.73 Å². The lowest BCUT2D eigenvalue weighted by Gasteiger charge is -2.27. The summed E-state index contributed by atoms with van der Waals surface area (Å²) in [7, 11) is 0. The number of halogens is 1. The number of benzene rings is 1. The van der Waals surface area contributed by atoms with Crippen molar-refractivity contribution < 1.29 is 4.39 Å². The Morgan fingerprint density at radius 3 is 2.63 bits per heavy atom. The highest BCUT2D eigenvalue weighted by atomic mass is 19.1. The SMILES string of the molecule is Cc1cnc(N[C@H]2CC[C@H](N)CC2)cc1-c1cccc(NCc2cccc(F)c2)n1. The van der Waals surface area contributed by atoms with Crippen molar-refractivity contribution in [1.29, 1.82) is 0 Å². The lowest BCUT2D eigenvalue weighted by Crippen LogP contribution is -2.33. The van der Waals surface area contributed by atoms with Crippen LogP contribution >= 0.6 is 0 Å². The zero-order valence-electron chi connectivity index (χ0n) is 17.2. The second kappa shape index (κ2) is 9.22. The number of nitrogens with one attached hydrogen (secondary N) is 2. The molecule has 156 valence electrons. The third kappa shape index (κ3) is 5.13. The molecule has 0 amide bonds. The van der Waals surface area contributed by atoms with E-state index in [0.717, 1.165) is 59.7 Å². The van der Waals surface area contributed by atoms with Gasteiger partial charge in [0, 0.05) is 30.4 Å². The molecule has 30 heavy (non-hydrogen) atoms. The molecule has 6 heteroatoms. The van der Waals surface area contributed by atoms with Crippen LogP contribution in [-0.4, -0.2) is 22.1 Å². The van der Waals surface area contributed by atoms with Gasteiger partial charge in [0.05, 0.1) is 5.69 Å². The van der Waals surface area contributed by atoms with Crippen molar-refractivity contribution in [3.63, 3.8) is 0 Å². The summed E-state index contributed by atoms with van der Waals surface area (Å²) in [6, 6.07) is 15.3. The second-order valence-corrected chi connectivity index (χ2v) is 8.03. The first kappa shape index (κ1) is 20.3. The van der Waals surface area contributed by atoms with Gasteiger partial charge in [0.15, 0.2) is 0 Å². The molecule has 4 rings (SSSR count). The Labute approximate surface area is 177 Å². The van der Waals surface area contributed by atoms with Gasteiger partial charge in [0.25, 0.3) is 0 Å². The summed E-state index contributed by atoms with van der Waals surface area (Å²) >= 11 is 0. The zero-order chi connectivity index (χ0) is 20.9. The molecule has 0 atom stereocenters. The molecule has 1 saturated carbocycles. The average molecular weight is 406 g/mol. The number of hydrogen-bond donors (Lipinski definition) is 3. The Bertz CT molecular complexity index is 998. The van der Waals surface area contributed by atoms with Crippen LogP contribution in [0.2, 0.25) is 0 Å². The van der Waals surface area contributed by atoms with Crippen LogP contribution in [-0.2, 0) is 6.54 Å². The number of nitrogens with zero attached hydrogens (tertiary/aromatic N) is 2. The molecule has 0 saturated heterocycles. The summed E-state index contributed by atoms with van der Waals surface area (Å²) in [5.41, 5.74) is 9.90. The van der Waals surface area contributed by atoms with Crippen LogP contribution in [0, 0.1) is 12.7 Å². The van der Waals surface area contributed by atoms with Crippen LogP contribution in [0.5, 0.6) is 0 Å². The number of nitrogens with two attached hydrogens (primary N) is 1. The van der Waals surface area contributed by atoms with Crippen LogP contribution in [0.1, 0.15) is 36.8 Å². The average Bonchev–Trinajstić information content (AvgIpc) is 2.75. The molecule has 1 fully saturated rings. The predicted octanol–water partition coefficient (Wildman–Crippen LogP) is 4.89. The zero-order valence-corrected chi connectivity index (χ0v) is 17.2. The molecule has 1 aromatic carbocycles. The molecule has 2 heterocycles. The Kier molecular flexibility index (Phi) is 6.23. The van der Waals surface area contributed by atoms with Gasteiger partial charge in [0.1, 0.15) is 17.5 Å². The van der Waals surface area contributed by atoms with Crippen LogP contribution < -0.4 is 16.4 Å². The van der Waals surface area contributed by atoms with Crippen LogP contribution in [0.15, 0.2) is 54.7 Å². The maximum atomic E-state index is 13.4. The number of aryl methyl sites for hydroxylation is 1. The number of aromatic nitrogens is 2. The summed E-state index contributed by atoms with van der Waals surface area (Å²) in [5.74, 6) is 1.39. The number of rotatable bonds is 6. The molecular weight excluding hydrogens is 377 g/mol. The number of pyridine rings is 2. The van der Waals surface area contributed by atoms with Gasteiger partial charge in [-0.2, -0.15) is 0 Å². The molecule has 3 aromatic rings. The lowest BCUT2D eigenvalue weighted by atomic mass is 9.92. The summed E-state index contributed by atoms with van der Waals surface area (Å²) in [4.78, 5) is 9.33. The summed E-state index contributed by atoms with van der Waals surface area (Å²) in [6.07, 6.45) is 6.14. The van der Waals surface area contributed by atoms with Gasteiger partial charge in [-0.3, -0.25) is 0 Å². The van der Waals surface area contributed by atoms with Gasteiger partial charge in [-0.25, -0.2) is 14.4 Å². The van der Waals surface area contributed by atoms with E-state index in [1.165, 1.54) is 12.1 Å². The fourth-order valence-corrected chi connectivity index (χ4v) is 3.87. The topological polar surface area (TPSA) is 75.9 Å². The molecule has 0 aliphatic heterocycles. The molecule has 2 aromatic heterocycles. The van der Waals surface area contributed by atoms with Crippen molar-refractivity contribution in [2.75, 3.05) is 10.6 Å². The van der Waals surface area contributed by atoms with Crippen LogP contribution in [0.25, 0.3) is 11.3 Å².